The van der Waals surface area contributed by atoms with E-state index in [9.17, 15) is 0 Å². The van der Waals surface area contributed by atoms with Gasteiger partial charge in [-0.1, -0.05) is 80.8 Å². The highest BCUT2D eigenvalue weighted by atomic mass is 14.3. The van der Waals surface area contributed by atoms with Crippen molar-refractivity contribution in [2.45, 2.75) is 110 Å². The van der Waals surface area contributed by atoms with Crippen molar-refractivity contribution in [1.29, 1.82) is 0 Å². The summed E-state index contributed by atoms with van der Waals surface area (Å²) in [6.07, 6.45) is 24.1. The largest absolute Gasteiger partial charge is 0.0917 e. The molecule has 0 heteroatoms. The first-order valence-electron chi connectivity index (χ1n) is 15.1. The van der Waals surface area contributed by atoms with Crippen LogP contribution in [0.25, 0.3) is 11.1 Å². The second-order valence-electron chi connectivity index (χ2n) is 12.2. The summed E-state index contributed by atoms with van der Waals surface area (Å²) in [6.45, 7) is 4.52. The topological polar surface area (TPSA) is 0 Å². The Balaban J connectivity index is 1.17. The maximum Gasteiger partial charge on any atom is -0.0162 e. The Labute approximate surface area is 215 Å². The molecule has 0 N–H and O–H groups in total. The van der Waals surface area contributed by atoms with Crippen molar-refractivity contribution in [2.24, 2.45) is 23.7 Å². The molecule has 1 unspecified atom stereocenters. The zero-order valence-electron chi connectivity index (χ0n) is 22.5. The van der Waals surface area contributed by atoms with Crippen LogP contribution in [0.5, 0.6) is 0 Å². The van der Waals surface area contributed by atoms with Crippen molar-refractivity contribution in [2.75, 3.05) is 0 Å². The van der Waals surface area contributed by atoms with Crippen molar-refractivity contribution in [3.05, 3.63) is 71.3 Å². The fraction of sp³-hybridized carbons (Fsp3) is 0.600. The molecule has 0 aliphatic heterocycles. The van der Waals surface area contributed by atoms with E-state index < -0.39 is 0 Å². The van der Waals surface area contributed by atoms with E-state index in [1.807, 2.05) is 0 Å². The predicted octanol–water partition coefficient (Wildman–Crippen LogP) is 10.3. The summed E-state index contributed by atoms with van der Waals surface area (Å²) >= 11 is 0. The third-order valence-electron chi connectivity index (χ3n) is 10.1. The van der Waals surface area contributed by atoms with Gasteiger partial charge >= 0.3 is 0 Å². The molecule has 2 fully saturated rings. The van der Waals surface area contributed by atoms with Crippen LogP contribution < -0.4 is 0 Å². The van der Waals surface area contributed by atoms with Crippen LogP contribution in [0.4, 0.5) is 0 Å². The molecule has 0 nitrogen and oxygen atoms in total. The lowest BCUT2D eigenvalue weighted by atomic mass is 9.69. The van der Waals surface area contributed by atoms with Crippen LogP contribution in [0.15, 0.2) is 54.6 Å². The first-order chi connectivity index (χ1) is 17.2. The minimum atomic E-state index is 0.773. The Kier molecular flexibility index (Phi) is 8.48. The number of rotatable bonds is 7. The van der Waals surface area contributed by atoms with Crippen LogP contribution in [0.1, 0.15) is 114 Å². The Morgan fingerprint density at radius 3 is 2.14 bits per heavy atom. The first kappa shape index (κ1) is 24.9. The number of hydrogen-bond donors (Lipinski definition) is 0. The molecule has 2 aromatic carbocycles. The van der Waals surface area contributed by atoms with Gasteiger partial charge in [-0.2, -0.15) is 0 Å². The summed E-state index contributed by atoms with van der Waals surface area (Å²) in [7, 11) is 0. The molecule has 5 rings (SSSR count). The van der Waals surface area contributed by atoms with Crippen LogP contribution >= 0.6 is 0 Å². The molecule has 1 atom stereocenters. The van der Waals surface area contributed by atoms with E-state index in [-0.39, 0.29) is 0 Å². The molecule has 0 aromatic heterocycles. The smallest absolute Gasteiger partial charge is 0.0162 e. The summed E-state index contributed by atoms with van der Waals surface area (Å²) in [5.74, 6) is 4.66. The van der Waals surface area contributed by atoms with Gasteiger partial charge in [-0.3, -0.25) is 0 Å². The maximum absolute atomic E-state index is 2.52. The molecule has 2 aromatic rings. The Bertz CT molecular complexity index is 948. The quantitative estimate of drug-likeness (QED) is 0.354. The lowest BCUT2D eigenvalue weighted by Gasteiger charge is -2.36. The zero-order valence-corrected chi connectivity index (χ0v) is 22.5. The highest BCUT2D eigenvalue weighted by Crippen LogP contribution is 2.41. The molecule has 0 radical (unpaired) electrons. The molecule has 0 heterocycles. The second kappa shape index (κ2) is 11.9. The molecule has 0 bridgehead atoms. The average molecular weight is 469 g/mol. The molecule has 35 heavy (non-hydrogen) atoms. The van der Waals surface area contributed by atoms with E-state index in [0.29, 0.717) is 0 Å². The molecule has 2 saturated carbocycles. The lowest BCUT2D eigenvalue weighted by Crippen LogP contribution is -2.26. The maximum atomic E-state index is 2.52. The highest BCUT2D eigenvalue weighted by Gasteiger charge is 2.30. The number of allylic oxidation sites excluding steroid dienone is 2. The SMILES string of the molecule is C/C=C/CCC1CCC(c2ccc(-c3ccc4c(c3)CCC(C3CCC(CC)CC3)C4)cc2)CC1. The van der Waals surface area contributed by atoms with Gasteiger partial charge in [0.1, 0.15) is 0 Å². The molecular weight excluding hydrogens is 420 g/mol. The summed E-state index contributed by atoms with van der Waals surface area (Å²) in [6, 6.07) is 17.0. The van der Waals surface area contributed by atoms with Gasteiger partial charge in [0, 0.05) is 0 Å². The average Bonchev–Trinajstić information content (AvgIpc) is 2.93. The number of hydrogen-bond acceptors (Lipinski definition) is 0. The summed E-state index contributed by atoms with van der Waals surface area (Å²) < 4.78 is 0. The van der Waals surface area contributed by atoms with E-state index in [0.717, 1.165) is 29.6 Å². The summed E-state index contributed by atoms with van der Waals surface area (Å²) in [5.41, 5.74) is 7.66. The van der Waals surface area contributed by atoms with Gasteiger partial charge in [0.25, 0.3) is 0 Å². The van der Waals surface area contributed by atoms with Crippen molar-refractivity contribution >= 4 is 0 Å². The molecule has 0 amide bonds. The predicted molar refractivity (Wildman–Crippen MR) is 152 cm³/mol. The first-order valence-corrected chi connectivity index (χ1v) is 15.1. The third kappa shape index (κ3) is 6.12. The fourth-order valence-corrected chi connectivity index (χ4v) is 7.66. The molecule has 188 valence electrons. The van der Waals surface area contributed by atoms with Gasteiger partial charge in [-0.15, -0.1) is 0 Å². The van der Waals surface area contributed by atoms with Gasteiger partial charge < -0.3 is 0 Å². The van der Waals surface area contributed by atoms with E-state index >= 15 is 0 Å². The van der Waals surface area contributed by atoms with E-state index in [1.54, 1.807) is 16.7 Å². The van der Waals surface area contributed by atoms with Crippen LogP contribution in [-0.2, 0) is 12.8 Å². The van der Waals surface area contributed by atoms with Crippen molar-refractivity contribution in [3.63, 3.8) is 0 Å². The minimum Gasteiger partial charge on any atom is -0.0917 e. The number of fused-ring (bicyclic) bond motifs is 1. The standard InChI is InChI=1S/C35H48/c1-3-5-6-7-27-10-14-28(15-11-27)29-16-18-31(19-17-29)33-21-23-34-24-32(20-22-35(34)25-33)30-12-8-26(4-2)9-13-30/h3,5,16-19,21,23,25-28,30,32H,4,6-15,20,22,24H2,1-2H3/b5-3+. The van der Waals surface area contributed by atoms with Gasteiger partial charge in [0.15, 0.2) is 0 Å². The fourth-order valence-electron chi connectivity index (χ4n) is 7.66. The van der Waals surface area contributed by atoms with Crippen LogP contribution in [0, 0.1) is 23.7 Å². The molecule has 0 spiro atoms. The van der Waals surface area contributed by atoms with E-state index in [2.05, 4.69) is 68.5 Å². The van der Waals surface area contributed by atoms with Crippen molar-refractivity contribution in [3.8, 4) is 11.1 Å². The van der Waals surface area contributed by atoms with Crippen LogP contribution in [0.2, 0.25) is 0 Å². The summed E-state index contributed by atoms with van der Waals surface area (Å²) in [5, 5.41) is 0. The van der Waals surface area contributed by atoms with Gasteiger partial charge in [-0.25, -0.2) is 0 Å². The monoisotopic (exact) mass is 468 g/mol. The van der Waals surface area contributed by atoms with Crippen LogP contribution in [0.3, 0.4) is 0 Å². The number of aryl methyl sites for hydroxylation is 1. The van der Waals surface area contributed by atoms with Crippen molar-refractivity contribution < 1.29 is 0 Å². The van der Waals surface area contributed by atoms with E-state index in [4.69, 9.17) is 0 Å². The van der Waals surface area contributed by atoms with Crippen LogP contribution in [-0.4, -0.2) is 0 Å². The Hall–Kier alpha value is -1.82. The van der Waals surface area contributed by atoms with E-state index in [1.165, 1.54) is 101 Å². The molecule has 3 aliphatic rings. The second-order valence-corrected chi connectivity index (χ2v) is 12.2. The summed E-state index contributed by atoms with van der Waals surface area (Å²) in [4.78, 5) is 0. The minimum absolute atomic E-state index is 0.773. The number of benzene rings is 2. The normalized spacial score (nSPS) is 29.3. The van der Waals surface area contributed by atoms with Crippen molar-refractivity contribution in [1.82, 2.24) is 0 Å². The van der Waals surface area contributed by atoms with Gasteiger partial charge in [0.05, 0.1) is 0 Å². The Morgan fingerprint density at radius 2 is 1.43 bits per heavy atom. The van der Waals surface area contributed by atoms with Gasteiger partial charge in [-0.05, 0) is 135 Å². The molecule has 3 aliphatic carbocycles. The Morgan fingerprint density at radius 1 is 0.714 bits per heavy atom. The van der Waals surface area contributed by atoms with Gasteiger partial charge in [0.2, 0.25) is 0 Å². The zero-order chi connectivity index (χ0) is 24.0. The molecule has 0 saturated heterocycles. The highest BCUT2D eigenvalue weighted by molar-refractivity contribution is 5.65. The lowest BCUT2D eigenvalue weighted by molar-refractivity contribution is 0.187. The third-order valence-corrected chi connectivity index (χ3v) is 10.1. The molecular formula is C35H48.